The van der Waals surface area contributed by atoms with Gasteiger partial charge in [0.2, 0.25) is 0 Å². The second-order valence-electron chi connectivity index (χ2n) is 4.74. The zero-order valence-electron chi connectivity index (χ0n) is 9.65. The van der Waals surface area contributed by atoms with Gasteiger partial charge >= 0.3 is 5.97 Å². The monoisotopic (exact) mass is 214 g/mol. The van der Waals surface area contributed by atoms with Crippen molar-refractivity contribution in [3.05, 3.63) is 0 Å². The van der Waals surface area contributed by atoms with E-state index < -0.39 is 12.0 Å². The van der Waals surface area contributed by atoms with Crippen LogP contribution in [0.4, 0.5) is 0 Å². The Bertz CT molecular complexity index is 215. The molecule has 0 amide bonds. The molecule has 0 aliphatic heterocycles. The van der Waals surface area contributed by atoms with Crippen molar-refractivity contribution in [2.24, 2.45) is 11.7 Å². The fourth-order valence-corrected chi connectivity index (χ4v) is 1.78. The molecular weight excluding hydrogens is 192 g/mol. The van der Waals surface area contributed by atoms with Crippen LogP contribution in [0, 0.1) is 5.92 Å². The quantitative estimate of drug-likeness (QED) is 0.661. The van der Waals surface area contributed by atoms with Gasteiger partial charge in [-0.05, 0) is 31.7 Å². The Kier molecular flexibility index (Phi) is 4.54. The van der Waals surface area contributed by atoms with Crippen LogP contribution < -0.4 is 5.73 Å². The van der Waals surface area contributed by atoms with E-state index in [1.807, 2.05) is 0 Å². The van der Waals surface area contributed by atoms with Gasteiger partial charge in [0, 0.05) is 12.6 Å². The van der Waals surface area contributed by atoms with Gasteiger partial charge in [0.15, 0.2) is 0 Å². The lowest BCUT2D eigenvalue weighted by molar-refractivity contribution is -0.143. The maximum absolute atomic E-state index is 11.0. The molecule has 0 aromatic rings. The lowest BCUT2D eigenvalue weighted by Crippen LogP contribution is -2.48. The minimum Gasteiger partial charge on any atom is -0.480 e. The number of hydrogen-bond donors (Lipinski definition) is 2. The summed E-state index contributed by atoms with van der Waals surface area (Å²) in [4.78, 5) is 13.1. The average molecular weight is 214 g/mol. The van der Waals surface area contributed by atoms with Crippen LogP contribution in [0.5, 0.6) is 0 Å². The Morgan fingerprint density at radius 1 is 1.53 bits per heavy atom. The summed E-state index contributed by atoms with van der Waals surface area (Å²) in [6, 6.07) is -0.0235. The third-order valence-corrected chi connectivity index (χ3v) is 2.89. The minimum atomic E-state index is -0.784. The average Bonchev–Trinajstić information content (AvgIpc) is 2.94. The van der Waals surface area contributed by atoms with E-state index >= 15 is 0 Å². The SMILES string of the molecule is CC(C)CCN(C1CC1)C(CN)C(=O)O. The summed E-state index contributed by atoms with van der Waals surface area (Å²) in [5, 5.41) is 9.06. The molecule has 1 atom stereocenters. The van der Waals surface area contributed by atoms with E-state index in [2.05, 4.69) is 18.7 Å². The minimum absolute atomic E-state index is 0.212. The molecule has 1 aliphatic rings. The van der Waals surface area contributed by atoms with Crippen LogP contribution in [0.2, 0.25) is 0 Å². The second-order valence-corrected chi connectivity index (χ2v) is 4.74. The van der Waals surface area contributed by atoms with Gasteiger partial charge in [0.05, 0.1) is 0 Å². The summed E-state index contributed by atoms with van der Waals surface area (Å²) < 4.78 is 0. The molecule has 4 nitrogen and oxygen atoms in total. The van der Waals surface area contributed by atoms with Crippen molar-refractivity contribution in [3.63, 3.8) is 0 Å². The normalized spacial score (nSPS) is 18.5. The van der Waals surface area contributed by atoms with Crippen molar-refractivity contribution in [3.8, 4) is 0 Å². The van der Waals surface area contributed by atoms with E-state index in [0.717, 1.165) is 25.8 Å². The Balaban J connectivity index is 2.51. The highest BCUT2D eigenvalue weighted by Crippen LogP contribution is 2.29. The lowest BCUT2D eigenvalue weighted by Gasteiger charge is -2.28. The largest absolute Gasteiger partial charge is 0.480 e. The zero-order valence-corrected chi connectivity index (χ0v) is 9.65. The van der Waals surface area contributed by atoms with Gasteiger partial charge in [0.25, 0.3) is 0 Å². The van der Waals surface area contributed by atoms with E-state index in [1.54, 1.807) is 0 Å². The molecule has 0 radical (unpaired) electrons. The van der Waals surface area contributed by atoms with Gasteiger partial charge < -0.3 is 10.8 Å². The number of rotatable bonds is 7. The van der Waals surface area contributed by atoms with Crippen LogP contribution >= 0.6 is 0 Å². The Labute approximate surface area is 91.4 Å². The first-order chi connectivity index (χ1) is 7.06. The molecule has 3 N–H and O–H groups in total. The van der Waals surface area contributed by atoms with Gasteiger partial charge in [-0.3, -0.25) is 9.69 Å². The molecule has 0 heterocycles. The van der Waals surface area contributed by atoms with E-state index in [-0.39, 0.29) is 6.54 Å². The molecular formula is C11H22N2O2. The fraction of sp³-hybridized carbons (Fsp3) is 0.909. The van der Waals surface area contributed by atoms with E-state index in [1.165, 1.54) is 0 Å². The van der Waals surface area contributed by atoms with Crippen LogP contribution in [0.3, 0.4) is 0 Å². The Morgan fingerprint density at radius 2 is 2.13 bits per heavy atom. The van der Waals surface area contributed by atoms with Crippen LogP contribution in [-0.4, -0.2) is 41.1 Å². The van der Waals surface area contributed by atoms with Gasteiger partial charge in [-0.2, -0.15) is 0 Å². The Hall–Kier alpha value is -0.610. The summed E-state index contributed by atoms with van der Waals surface area (Å²) in [6.07, 6.45) is 3.30. The van der Waals surface area contributed by atoms with E-state index in [0.29, 0.717) is 12.0 Å². The molecule has 0 aromatic carbocycles. The molecule has 1 saturated carbocycles. The maximum Gasteiger partial charge on any atom is 0.322 e. The summed E-state index contributed by atoms with van der Waals surface area (Å²) in [5.41, 5.74) is 5.52. The summed E-state index contributed by atoms with van der Waals surface area (Å²) in [7, 11) is 0. The van der Waals surface area contributed by atoms with Crippen LogP contribution in [0.1, 0.15) is 33.1 Å². The summed E-state index contributed by atoms with van der Waals surface area (Å²) in [6.45, 7) is 5.38. The molecule has 15 heavy (non-hydrogen) atoms. The predicted octanol–water partition coefficient (Wildman–Crippen LogP) is 0.909. The van der Waals surface area contributed by atoms with Crippen LogP contribution in [-0.2, 0) is 4.79 Å². The topological polar surface area (TPSA) is 66.6 Å². The first-order valence-electron chi connectivity index (χ1n) is 5.74. The molecule has 1 aliphatic carbocycles. The van der Waals surface area contributed by atoms with E-state index in [4.69, 9.17) is 10.8 Å². The first-order valence-corrected chi connectivity index (χ1v) is 5.74. The first kappa shape index (κ1) is 12.5. The maximum atomic E-state index is 11.0. The number of hydrogen-bond acceptors (Lipinski definition) is 3. The van der Waals surface area contributed by atoms with Gasteiger partial charge in [-0.15, -0.1) is 0 Å². The molecule has 1 unspecified atom stereocenters. The number of carbonyl (C=O) groups is 1. The number of nitrogens with zero attached hydrogens (tertiary/aromatic N) is 1. The van der Waals surface area contributed by atoms with Crippen LogP contribution in [0.15, 0.2) is 0 Å². The van der Waals surface area contributed by atoms with Crippen molar-refractivity contribution < 1.29 is 9.90 Å². The smallest absolute Gasteiger partial charge is 0.322 e. The second kappa shape index (κ2) is 5.47. The molecule has 1 rings (SSSR count). The fourth-order valence-electron chi connectivity index (χ4n) is 1.78. The highest BCUT2D eigenvalue weighted by molar-refractivity contribution is 5.73. The molecule has 4 heteroatoms. The number of aliphatic carboxylic acids is 1. The van der Waals surface area contributed by atoms with Gasteiger partial charge in [-0.1, -0.05) is 13.8 Å². The molecule has 0 bridgehead atoms. The standard InChI is InChI=1S/C11H22N2O2/c1-8(2)5-6-13(9-3-4-9)10(7-12)11(14)15/h8-10H,3-7,12H2,1-2H3,(H,14,15). The predicted molar refractivity (Wildman–Crippen MR) is 59.7 cm³/mol. The lowest BCUT2D eigenvalue weighted by atomic mass is 10.1. The molecule has 88 valence electrons. The van der Waals surface area contributed by atoms with Gasteiger partial charge in [-0.25, -0.2) is 0 Å². The van der Waals surface area contributed by atoms with Crippen molar-refractivity contribution >= 4 is 5.97 Å². The summed E-state index contributed by atoms with van der Waals surface area (Å²) in [5.74, 6) is -0.174. The van der Waals surface area contributed by atoms with Crippen molar-refractivity contribution in [2.75, 3.05) is 13.1 Å². The number of carboxylic acid groups (broad SMARTS) is 1. The molecule has 0 saturated heterocycles. The van der Waals surface area contributed by atoms with Gasteiger partial charge in [0.1, 0.15) is 6.04 Å². The molecule has 0 spiro atoms. The number of carboxylic acids is 1. The van der Waals surface area contributed by atoms with Crippen molar-refractivity contribution in [1.82, 2.24) is 4.90 Å². The highest BCUT2D eigenvalue weighted by Gasteiger charge is 2.36. The highest BCUT2D eigenvalue weighted by atomic mass is 16.4. The zero-order chi connectivity index (χ0) is 11.4. The third kappa shape index (κ3) is 3.80. The van der Waals surface area contributed by atoms with Crippen molar-refractivity contribution in [2.45, 2.75) is 45.2 Å². The van der Waals surface area contributed by atoms with Crippen molar-refractivity contribution in [1.29, 1.82) is 0 Å². The molecule has 1 fully saturated rings. The summed E-state index contributed by atoms with van der Waals surface area (Å²) >= 11 is 0. The third-order valence-electron chi connectivity index (χ3n) is 2.89. The van der Waals surface area contributed by atoms with E-state index in [9.17, 15) is 4.79 Å². The molecule has 0 aromatic heterocycles. The Morgan fingerprint density at radius 3 is 2.47 bits per heavy atom. The van der Waals surface area contributed by atoms with Crippen LogP contribution in [0.25, 0.3) is 0 Å². The number of nitrogens with two attached hydrogens (primary N) is 1.